The Balaban J connectivity index is 0.00000131. The zero-order chi connectivity index (χ0) is 17.8. The Morgan fingerprint density at radius 1 is 1.19 bits per heavy atom. The van der Waals surface area contributed by atoms with Gasteiger partial charge in [0.25, 0.3) is 0 Å². The van der Waals surface area contributed by atoms with Gasteiger partial charge in [0, 0.05) is 37.3 Å². The van der Waals surface area contributed by atoms with Gasteiger partial charge in [0.05, 0.1) is 22.4 Å². The summed E-state index contributed by atoms with van der Waals surface area (Å²) >= 11 is 0. The summed E-state index contributed by atoms with van der Waals surface area (Å²) in [5, 5.41) is 4.25. The van der Waals surface area contributed by atoms with E-state index in [1.165, 1.54) is 0 Å². The second kappa shape index (κ2) is 8.09. The fourth-order valence-corrected chi connectivity index (χ4v) is 6.54. The SMILES string of the molecule is Cc1cc(C)n(-c2cccc(CN3C[C@H]4[C@H](N)CS(=O)(=O)[C@H]4C3)c2)n1.Cl.Cl. The molecule has 2 aromatic rings. The van der Waals surface area contributed by atoms with Crippen LogP contribution >= 0.6 is 24.8 Å². The highest BCUT2D eigenvalue weighted by Crippen LogP contribution is 2.33. The maximum atomic E-state index is 12.2. The van der Waals surface area contributed by atoms with Gasteiger partial charge in [-0.1, -0.05) is 12.1 Å². The number of rotatable bonds is 3. The van der Waals surface area contributed by atoms with Crippen molar-refractivity contribution in [3.63, 3.8) is 0 Å². The Hall–Kier alpha value is -1.12. The van der Waals surface area contributed by atoms with E-state index in [2.05, 4.69) is 28.2 Å². The van der Waals surface area contributed by atoms with Gasteiger partial charge in [-0.3, -0.25) is 4.90 Å². The van der Waals surface area contributed by atoms with Gasteiger partial charge >= 0.3 is 0 Å². The summed E-state index contributed by atoms with van der Waals surface area (Å²) in [5.41, 5.74) is 10.3. The smallest absolute Gasteiger partial charge is 0.156 e. The number of aryl methyl sites for hydroxylation is 2. The normalized spacial score (nSPS) is 26.3. The number of nitrogens with two attached hydrogens (primary N) is 1. The Kier molecular flexibility index (Phi) is 6.64. The number of sulfone groups is 1. The summed E-state index contributed by atoms with van der Waals surface area (Å²) in [6, 6.07) is 10.1. The summed E-state index contributed by atoms with van der Waals surface area (Å²) in [6.45, 7) is 6.11. The molecule has 0 unspecified atom stereocenters. The first-order chi connectivity index (χ1) is 11.8. The Morgan fingerprint density at radius 2 is 1.93 bits per heavy atom. The van der Waals surface area contributed by atoms with Crippen molar-refractivity contribution in [2.45, 2.75) is 31.7 Å². The molecular formula is C18H26Cl2N4O2S. The molecule has 3 heterocycles. The van der Waals surface area contributed by atoms with Crippen LogP contribution in [0.4, 0.5) is 0 Å². The van der Waals surface area contributed by atoms with Crippen LogP contribution in [0.3, 0.4) is 0 Å². The highest BCUT2D eigenvalue weighted by atomic mass is 35.5. The van der Waals surface area contributed by atoms with E-state index in [4.69, 9.17) is 5.73 Å². The van der Waals surface area contributed by atoms with Gasteiger partial charge in [-0.15, -0.1) is 24.8 Å². The zero-order valence-corrected chi connectivity index (χ0v) is 17.9. The second-order valence-electron chi connectivity index (χ2n) is 7.40. The summed E-state index contributed by atoms with van der Waals surface area (Å²) in [7, 11) is -3.03. The van der Waals surface area contributed by atoms with E-state index in [1.54, 1.807) is 0 Å². The van der Waals surface area contributed by atoms with Crippen LogP contribution in [-0.4, -0.2) is 53.2 Å². The van der Waals surface area contributed by atoms with Gasteiger partial charge < -0.3 is 5.73 Å². The molecule has 2 fully saturated rings. The van der Waals surface area contributed by atoms with Crippen LogP contribution in [-0.2, 0) is 16.4 Å². The molecule has 9 heteroatoms. The number of nitrogens with zero attached hydrogens (tertiary/aromatic N) is 3. The van der Waals surface area contributed by atoms with Gasteiger partial charge in [0.2, 0.25) is 0 Å². The average Bonchev–Trinajstić information content (AvgIpc) is 3.16. The van der Waals surface area contributed by atoms with Crippen LogP contribution in [0, 0.1) is 19.8 Å². The molecule has 2 saturated heterocycles. The van der Waals surface area contributed by atoms with Crippen molar-refractivity contribution in [1.82, 2.24) is 14.7 Å². The summed E-state index contributed by atoms with van der Waals surface area (Å²) in [4.78, 5) is 2.21. The minimum absolute atomic E-state index is 0. The number of aromatic nitrogens is 2. The fourth-order valence-electron chi connectivity index (χ4n) is 4.25. The molecule has 2 aliphatic rings. The van der Waals surface area contributed by atoms with Crippen molar-refractivity contribution >= 4 is 34.7 Å². The van der Waals surface area contributed by atoms with Crippen LogP contribution in [0.15, 0.2) is 30.3 Å². The Labute approximate surface area is 172 Å². The molecule has 1 aromatic heterocycles. The van der Waals surface area contributed by atoms with Gasteiger partial charge in [0.15, 0.2) is 9.84 Å². The molecule has 4 rings (SSSR count). The third-order valence-electron chi connectivity index (χ3n) is 5.39. The first-order valence-corrected chi connectivity index (χ1v) is 10.4. The minimum Gasteiger partial charge on any atom is -0.326 e. The first kappa shape index (κ1) is 22.2. The second-order valence-corrected chi connectivity index (χ2v) is 9.66. The van der Waals surface area contributed by atoms with E-state index in [-0.39, 0.29) is 47.8 Å². The number of likely N-dealkylation sites (tertiary alicyclic amines) is 1. The molecule has 6 nitrogen and oxygen atoms in total. The third-order valence-corrected chi connectivity index (χ3v) is 7.66. The van der Waals surface area contributed by atoms with E-state index in [9.17, 15) is 8.42 Å². The first-order valence-electron chi connectivity index (χ1n) is 8.65. The lowest BCUT2D eigenvalue weighted by Gasteiger charge is -2.18. The monoisotopic (exact) mass is 432 g/mol. The van der Waals surface area contributed by atoms with Crippen LogP contribution in [0.1, 0.15) is 17.0 Å². The predicted octanol–water partition coefficient (Wildman–Crippen LogP) is 1.89. The standard InChI is InChI=1S/C18H24N4O2S.2ClH/c1-12-6-13(2)22(20-12)15-5-3-4-14(7-15)8-21-9-16-17(19)11-25(23,24)18(16)10-21;;/h3-7,16-18H,8-11,19H2,1-2H3;2*1H/t16-,17+,18-;;/m0../s1. The highest BCUT2D eigenvalue weighted by molar-refractivity contribution is 7.92. The van der Waals surface area contributed by atoms with Crippen LogP contribution in [0.25, 0.3) is 5.69 Å². The molecule has 150 valence electrons. The van der Waals surface area contributed by atoms with Crippen molar-refractivity contribution in [1.29, 1.82) is 0 Å². The Bertz CT molecular complexity index is 916. The number of halogens is 2. The molecular weight excluding hydrogens is 407 g/mol. The van der Waals surface area contributed by atoms with Crippen LogP contribution in [0.5, 0.6) is 0 Å². The quantitative estimate of drug-likeness (QED) is 0.800. The van der Waals surface area contributed by atoms with E-state index in [1.807, 2.05) is 30.7 Å². The summed E-state index contributed by atoms with van der Waals surface area (Å²) in [6.07, 6.45) is 0. The van der Waals surface area contributed by atoms with Crippen molar-refractivity contribution in [2.75, 3.05) is 18.8 Å². The molecule has 0 saturated carbocycles. The summed E-state index contributed by atoms with van der Waals surface area (Å²) in [5.74, 6) is 0.216. The molecule has 0 spiro atoms. The minimum atomic E-state index is -3.03. The maximum absolute atomic E-state index is 12.2. The van der Waals surface area contributed by atoms with Gasteiger partial charge in [-0.25, -0.2) is 13.1 Å². The van der Waals surface area contributed by atoms with Crippen LogP contribution in [0.2, 0.25) is 0 Å². The number of benzene rings is 1. The van der Waals surface area contributed by atoms with Gasteiger partial charge in [-0.05, 0) is 37.6 Å². The van der Waals surface area contributed by atoms with Crippen molar-refractivity contribution in [2.24, 2.45) is 11.7 Å². The lowest BCUT2D eigenvalue weighted by atomic mass is 10.0. The molecule has 1 aromatic carbocycles. The molecule has 0 radical (unpaired) electrons. The third kappa shape index (κ3) is 4.17. The topological polar surface area (TPSA) is 81.2 Å². The summed E-state index contributed by atoms with van der Waals surface area (Å²) < 4.78 is 26.4. The van der Waals surface area contributed by atoms with E-state index >= 15 is 0 Å². The van der Waals surface area contributed by atoms with Crippen molar-refractivity contribution in [3.05, 3.63) is 47.3 Å². The molecule has 2 N–H and O–H groups in total. The molecule has 3 atom stereocenters. The van der Waals surface area contributed by atoms with E-state index in [0.717, 1.165) is 35.7 Å². The van der Waals surface area contributed by atoms with E-state index < -0.39 is 9.84 Å². The predicted molar refractivity (Wildman–Crippen MR) is 112 cm³/mol. The van der Waals surface area contributed by atoms with Crippen molar-refractivity contribution < 1.29 is 8.42 Å². The number of hydrogen-bond donors (Lipinski definition) is 1. The highest BCUT2D eigenvalue weighted by Gasteiger charge is 2.50. The maximum Gasteiger partial charge on any atom is 0.156 e. The van der Waals surface area contributed by atoms with Crippen molar-refractivity contribution in [3.8, 4) is 5.69 Å². The lowest BCUT2D eigenvalue weighted by Crippen LogP contribution is -2.33. The molecule has 27 heavy (non-hydrogen) atoms. The number of fused-ring (bicyclic) bond motifs is 1. The molecule has 0 aliphatic carbocycles. The fraction of sp³-hybridized carbons (Fsp3) is 0.500. The van der Waals surface area contributed by atoms with E-state index in [0.29, 0.717) is 6.54 Å². The molecule has 0 bridgehead atoms. The van der Waals surface area contributed by atoms with Gasteiger partial charge in [-0.2, -0.15) is 5.10 Å². The average molecular weight is 433 g/mol. The van der Waals surface area contributed by atoms with Gasteiger partial charge in [0.1, 0.15) is 0 Å². The number of hydrogen-bond acceptors (Lipinski definition) is 5. The zero-order valence-electron chi connectivity index (χ0n) is 15.4. The molecule has 2 aliphatic heterocycles. The Morgan fingerprint density at radius 3 is 2.56 bits per heavy atom. The lowest BCUT2D eigenvalue weighted by molar-refractivity contribution is 0.308. The van der Waals surface area contributed by atoms with Crippen LogP contribution < -0.4 is 5.73 Å². The molecule has 0 amide bonds. The largest absolute Gasteiger partial charge is 0.326 e.